The van der Waals surface area contributed by atoms with Gasteiger partial charge in [-0.15, -0.1) is 0 Å². The third kappa shape index (κ3) is 7.65. The molecule has 3 aromatic rings. The van der Waals surface area contributed by atoms with Crippen molar-refractivity contribution in [2.24, 2.45) is 0 Å². The molecule has 174 valence electrons. The van der Waals surface area contributed by atoms with Crippen LogP contribution in [-0.2, 0) is 20.7 Å². The molecule has 0 aliphatic heterocycles. The van der Waals surface area contributed by atoms with Crippen LogP contribution in [0.25, 0.3) is 11.1 Å². The van der Waals surface area contributed by atoms with Crippen molar-refractivity contribution in [3.05, 3.63) is 83.9 Å². The van der Waals surface area contributed by atoms with Crippen LogP contribution in [-0.4, -0.2) is 39.0 Å². The van der Waals surface area contributed by atoms with Gasteiger partial charge in [0.2, 0.25) is 0 Å². The Morgan fingerprint density at radius 3 is 1.82 bits per heavy atom. The summed E-state index contributed by atoms with van der Waals surface area (Å²) in [7, 11) is 1.51. The van der Waals surface area contributed by atoms with E-state index in [-0.39, 0.29) is 5.97 Å². The largest absolute Gasteiger partial charge is 0.493 e. The molecule has 0 heterocycles. The van der Waals surface area contributed by atoms with Gasteiger partial charge in [-0.25, -0.2) is 4.79 Å². The molecule has 0 aliphatic rings. The van der Waals surface area contributed by atoms with E-state index >= 15 is 0 Å². The van der Waals surface area contributed by atoms with Crippen molar-refractivity contribution in [1.82, 2.24) is 0 Å². The smallest absolute Gasteiger partial charge is 0.335 e. The van der Waals surface area contributed by atoms with E-state index in [2.05, 4.69) is 43.3 Å². The number of hydrogen-bond donors (Lipinski definition) is 0. The topological polar surface area (TPSA) is 54.0 Å². The molecule has 0 aromatic heterocycles. The quantitative estimate of drug-likeness (QED) is 0.265. The standard InChI is InChI=1S/C28H32O5/c1-4-31-28(29)27(30-3)20-22-8-14-25(15-9-22)32-18-5-19-33-26-16-12-24(13-17-26)23-10-6-21(2)7-11-23/h6-17,27H,4-5,18-20H2,1-3H3/t27-/m0/s1. The van der Waals surface area contributed by atoms with Crippen LogP contribution in [0.4, 0.5) is 0 Å². The zero-order valence-electron chi connectivity index (χ0n) is 19.6. The first-order valence-corrected chi connectivity index (χ1v) is 11.3. The number of carbonyl (C=O) groups excluding carboxylic acids is 1. The van der Waals surface area contributed by atoms with Crippen LogP contribution in [0.3, 0.4) is 0 Å². The molecule has 0 bridgehead atoms. The summed E-state index contributed by atoms with van der Waals surface area (Å²) in [6.07, 6.45) is 0.641. The van der Waals surface area contributed by atoms with Crippen molar-refractivity contribution in [2.75, 3.05) is 26.9 Å². The van der Waals surface area contributed by atoms with E-state index in [0.717, 1.165) is 23.5 Å². The third-order valence-corrected chi connectivity index (χ3v) is 5.24. The van der Waals surface area contributed by atoms with Gasteiger partial charge in [0.1, 0.15) is 11.5 Å². The van der Waals surface area contributed by atoms with Crippen molar-refractivity contribution in [1.29, 1.82) is 0 Å². The summed E-state index contributed by atoms with van der Waals surface area (Å²) in [5, 5.41) is 0. The minimum absolute atomic E-state index is 0.341. The van der Waals surface area contributed by atoms with Crippen LogP contribution < -0.4 is 9.47 Å². The lowest BCUT2D eigenvalue weighted by molar-refractivity contribution is -0.154. The predicted octanol–water partition coefficient (Wildman–Crippen LogP) is 5.63. The lowest BCUT2D eigenvalue weighted by Gasteiger charge is -2.14. The van der Waals surface area contributed by atoms with Crippen molar-refractivity contribution < 1.29 is 23.7 Å². The molecule has 0 saturated carbocycles. The van der Waals surface area contributed by atoms with Crippen LogP contribution in [0.5, 0.6) is 11.5 Å². The monoisotopic (exact) mass is 448 g/mol. The Bertz CT molecular complexity index is 978. The van der Waals surface area contributed by atoms with Gasteiger partial charge < -0.3 is 18.9 Å². The van der Waals surface area contributed by atoms with Crippen molar-refractivity contribution in [3.8, 4) is 22.6 Å². The van der Waals surface area contributed by atoms with Gasteiger partial charge in [0, 0.05) is 20.0 Å². The summed E-state index contributed by atoms with van der Waals surface area (Å²) in [4.78, 5) is 11.9. The van der Waals surface area contributed by atoms with E-state index in [1.165, 1.54) is 23.8 Å². The molecule has 0 spiro atoms. The van der Waals surface area contributed by atoms with Gasteiger partial charge >= 0.3 is 5.97 Å². The molecule has 0 radical (unpaired) electrons. The van der Waals surface area contributed by atoms with E-state index in [9.17, 15) is 4.79 Å². The van der Waals surface area contributed by atoms with Gasteiger partial charge in [-0.2, -0.15) is 0 Å². The third-order valence-electron chi connectivity index (χ3n) is 5.24. The number of hydrogen-bond acceptors (Lipinski definition) is 5. The maximum Gasteiger partial charge on any atom is 0.335 e. The lowest BCUT2D eigenvalue weighted by atomic mass is 10.0. The molecule has 3 aromatic carbocycles. The molecule has 0 fully saturated rings. The first kappa shape index (κ1) is 24.3. The number of rotatable bonds is 12. The first-order valence-electron chi connectivity index (χ1n) is 11.3. The minimum atomic E-state index is -0.597. The Morgan fingerprint density at radius 2 is 1.30 bits per heavy atom. The SMILES string of the molecule is CCOC(=O)[C@H](Cc1ccc(OCCCOc2ccc(-c3ccc(C)cc3)cc2)cc1)OC. The van der Waals surface area contributed by atoms with Crippen LogP contribution in [0.15, 0.2) is 72.8 Å². The van der Waals surface area contributed by atoms with Crippen molar-refractivity contribution >= 4 is 5.97 Å². The number of esters is 1. The molecule has 0 amide bonds. The average molecular weight is 449 g/mol. The predicted molar refractivity (Wildman–Crippen MR) is 130 cm³/mol. The summed E-state index contributed by atoms with van der Waals surface area (Å²) in [5.74, 6) is 1.29. The Hall–Kier alpha value is -3.31. The van der Waals surface area contributed by atoms with Crippen LogP contribution >= 0.6 is 0 Å². The number of ether oxygens (including phenoxy) is 4. The highest BCUT2D eigenvalue weighted by molar-refractivity contribution is 5.75. The zero-order chi connectivity index (χ0) is 23.5. The zero-order valence-corrected chi connectivity index (χ0v) is 19.6. The molecule has 3 rings (SSSR count). The molecular weight excluding hydrogens is 416 g/mol. The highest BCUT2D eigenvalue weighted by Crippen LogP contribution is 2.23. The Kier molecular flexibility index (Phi) is 9.33. The van der Waals surface area contributed by atoms with E-state index in [1.807, 2.05) is 36.4 Å². The maximum atomic E-state index is 11.9. The van der Waals surface area contributed by atoms with E-state index in [0.29, 0.717) is 26.2 Å². The summed E-state index contributed by atoms with van der Waals surface area (Å²) in [5.41, 5.74) is 4.61. The summed E-state index contributed by atoms with van der Waals surface area (Å²) < 4.78 is 21.9. The summed E-state index contributed by atoms with van der Waals surface area (Å²) in [6.45, 7) is 5.35. The highest BCUT2D eigenvalue weighted by atomic mass is 16.6. The molecule has 1 atom stereocenters. The Labute approximate surface area is 196 Å². The van der Waals surface area contributed by atoms with Gasteiger partial charge in [-0.3, -0.25) is 0 Å². The summed E-state index contributed by atoms with van der Waals surface area (Å²) in [6, 6.07) is 24.3. The van der Waals surface area contributed by atoms with E-state index in [1.54, 1.807) is 6.92 Å². The van der Waals surface area contributed by atoms with Gasteiger partial charge in [0.25, 0.3) is 0 Å². The second-order valence-corrected chi connectivity index (χ2v) is 7.77. The molecule has 33 heavy (non-hydrogen) atoms. The molecular formula is C28H32O5. The van der Waals surface area contributed by atoms with Gasteiger partial charge in [0.15, 0.2) is 6.10 Å². The van der Waals surface area contributed by atoms with Crippen LogP contribution in [0, 0.1) is 6.92 Å². The lowest BCUT2D eigenvalue weighted by Crippen LogP contribution is -2.27. The average Bonchev–Trinajstić information content (AvgIpc) is 2.84. The molecule has 5 heteroatoms. The first-order chi connectivity index (χ1) is 16.1. The normalized spacial score (nSPS) is 11.6. The Morgan fingerprint density at radius 1 is 0.788 bits per heavy atom. The summed E-state index contributed by atoms with van der Waals surface area (Å²) >= 11 is 0. The van der Waals surface area contributed by atoms with Gasteiger partial charge in [-0.05, 0) is 54.8 Å². The fraction of sp³-hybridized carbons (Fsp3) is 0.321. The maximum absolute atomic E-state index is 11.9. The molecule has 0 N–H and O–H groups in total. The van der Waals surface area contributed by atoms with Crippen LogP contribution in [0.1, 0.15) is 24.5 Å². The molecule has 5 nitrogen and oxygen atoms in total. The van der Waals surface area contributed by atoms with E-state index in [4.69, 9.17) is 18.9 Å². The highest BCUT2D eigenvalue weighted by Gasteiger charge is 2.19. The Balaban J connectivity index is 1.37. The second-order valence-electron chi connectivity index (χ2n) is 7.77. The number of methoxy groups -OCH3 is 1. The van der Waals surface area contributed by atoms with Crippen LogP contribution in [0.2, 0.25) is 0 Å². The molecule has 0 unspecified atom stereocenters. The van der Waals surface area contributed by atoms with Crippen molar-refractivity contribution in [3.63, 3.8) is 0 Å². The number of aryl methyl sites for hydroxylation is 1. The van der Waals surface area contributed by atoms with Gasteiger partial charge in [0.05, 0.1) is 19.8 Å². The number of benzene rings is 3. The fourth-order valence-corrected chi connectivity index (χ4v) is 3.36. The van der Waals surface area contributed by atoms with E-state index < -0.39 is 6.10 Å². The molecule has 0 saturated heterocycles. The second kappa shape index (κ2) is 12.7. The fourth-order valence-electron chi connectivity index (χ4n) is 3.36. The molecule has 0 aliphatic carbocycles. The number of carbonyl (C=O) groups is 1. The minimum Gasteiger partial charge on any atom is -0.493 e. The van der Waals surface area contributed by atoms with Crippen molar-refractivity contribution in [2.45, 2.75) is 32.8 Å². The van der Waals surface area contributed by atoms with Gasteiger partial charge in [-0.1, -0.05) is 54.1 Å².